The van der Waals surface area contributed by atoms with Gasteiger partial charge in [-0.25, -0.2) is 0 Å². The van der Waals surface area contributed by atoms with Gasteiger partial charge in [0, 0.05) is 26.7 Å². The monoisotopic (exact) mass is 233 g/mol. The van der Waals surface area contributed by atoms with E-state index in [4.69, 9.17) is 4.74 Å². The highest BCUT2D eigenvalue weighted by molar-refractivity contribution is 5.69. The summed E-state index contributed by atoms with van der Waals surface area (Å²) in [6.45, 7) is 5.83. The van der Waals surface area contributed by atoms with Gasteiger partial charge in [-0.1, -0.05) is 0 Å². The highest BCUT2D eigenvalue weighted by Gasteiger charge is 2.18. The first-order valence-electron chi connectivity index (χ1n) is 5.39. The molecule has 96 valence electrons. The quantitative estimate of drug-likeness (QED) is 0.610. The zero-order valence-corrected chi connectivity index (χ0v) is 10.7. The van der Waals surface area contributed by atoms with Gasteiger partial charge in [0.2, 0.25) is 0 Å². The Labute approximate surface area is 97.3 Å². The molecule has 1 N–H and O–H groups in total. The minimum Gasteiger partial charge on any atom is -0.469 e. The van der Waals surface area contributed by atoms with Gasteiger partial charge in [0.15, 0.2) is 0 Å². The van der Waals surface area contributed by atoms with Crippen LogP contribution in [0.25, 0.3) is 0 Å². The Morgan fingerprint density at radius 2 is 1.94 bits per heavy atom. The first-order valence-corrected chi connectivity index (χ1v) is 5.39. The molecule has 5 heteroatoms. The van der Waals surface area contributed by atoms with Crippen molar-refractivity contribution in [2.75, 3.05) is 40.5 Å². The van der Waals surface area contributed by atoms with Gasteiger partial charge in [-0.15, -0.1) is 0 Å². The SMILES string of the molecule is COCCN(CCC(=O)OC)CC(C)(C)O. The average molecular weight is 233 g/mol. The third-order valence-corrected chi connectivity index (χ3v) is 2.08. The summed E-state index contributed by atoms with van der Waals surface area (Å²) >= 11 is 0. The summed E-state index contributed by atoms with van der Waals surface area (Å²) in [5, 5.41) is 9.71. The van der Waals surface area contributed by atoms with E-state index in [1.165, 1.54) is 7.11 Å². The lowest BCUT2D eigenvalue weighted by Gasteiger charge is -2.28. The van der Waals surface area contributed by atoms with E-state index >= 15 is 0 Å². The number of nitrogens with zero attached hydrogens (tertiary/aromatic N) is 1. The number of hydrogen-bond donors (Lipinski definition) is 1. The fraction of sp³-hybridized carbons (Fsp3) is 0.909. The molecule has 0 aliphatic carbocycles. The van der Waals surface area contributed by atoms with Crippen molar-refractivity contribution in [1.82, 2.24) is 4.90 Å². The van der Waals surface area contributed by atoms with Crippen LogP contribution in [0.2, 0.25) is 0 Å². The van der Waals surface area contributed by atoms with Crippen LogP contribution in [0.3, 0.4) is 0 Å². The summed E-state index contributed by atoms with van der Waals surface area (Å²) in [6, 6.07) is 0. The standard InChI is InChI=1S/C11H23NO4/c1-11(2,14)9-12(7-8-15-3)6-5-10(13)16-4/h14H,5-9H2,1-4H3. The highest BCUT2D eigenvalue weighted by atomic mass is 16.5. The molecule has 0 aromatic heterocycles. The van der Waals surface area contributed by atoms with Crippen molar-refractivity contribution in [3.05, 3.63) is 0 Å². The lowest BCUT2D eigenvalue weighted by atomic mass is 10.1. The number of aliphatic hydroxyl groups is 1. The smallest absolute Gasteiger partial charge is 0.306 e. The van der Waals surface area contributed by atoms with Crippen LogP contribution in [0, 0.1) is 0 Å². The predicted molar refractivity (Wildman–Crippen MR) is 61.2 cm³/mol. The first-order chi connectivity index (χ1) is 7.39. The van der Waals surface area contributed by atoms with Gasteiger partial charge in [0.25, 0.3) is 0 Å². The van der Waals surface area contributed by atoms with Gasteiger partial charge < -0.3 is 14.6 Å². The van der Waals surface area contributed by atoms with E-state index in [1.807, 2.05) is 4.90 Å². The van der Waals surface area contributed by atoms with Crippen LogP contribution >= 0.6 is 0 Å². The number of esters is 1. The zero-order chi connectivity index (χ0) is 12.6. The fourth-order valence-corrected chi connectivity index (χ4v) is 1.39. The maximum absolute atomic E-state index is 11.0. The molecule has 0 saturated carbocycles. The Morgan fingerprint density at radius 3 is 2.38 bits per heavy atom. The van der Waals surface area contributed by atoms with E-state index in [0.717, 1.165) is 0 Å². The zero-order valence-electron chi connectivity index (χ0n) is 10.7. The van der Waals surface area contributed by atoms with E-state index in [9.17, 15) is 9.90 Å². The van der Waals surface area contributed by atoms with Crippen molar-refractivity contribution < 1.29 is 19.4 Å². The van der Waals surface area contributed by atoms with Gasteiger partial charge in [-0.05, 0) is 13.8 Å². The Kier molecular flexibility index (Phi) is 7.29. The second kappa shape index (κ2) is 7.60. The summed E-state index contributed by atoms with van der Waals surface area (Å²) in [4.78, 5) is 13.0. The van der Waals surface area contributed by atoms with Crippen molar-refractivity contribution in [1.29, 1.82) is 0 Å². The second-order valence-corrected chi connectivity index (χ2v) is 4.41. The predicted octanol–water partition coefficient (Wildman–Crippen LogP) is 0.269. The van der Waals surface area contributed by atoms with E-state index in [2.05, 4.69) is 4.74 Å². The van der Waals surface area contributed by atoms with Crippen LogP contribution < -0.4 is 0 Å². The van der Waals surface area contributed by atoms with Crippen molar-refractivity contribution >= 4 is 5.97 Å². The summed E-state index contributed by atoms with van der Waals surface area (Å²) < 4.78 is 9.56. The molecular weight excluding hydrogens is 210 g/mol. The first kappa shape index (κ1) is 15.3. The maximum Gasteiger partial charge on any atom is 0.306 e. The largest absolute Gasteiger partial charge is 0.469 e. The number of rotatable bonds is 8. The van der Waals surface area contributed by atoms with Crippen molar-refractivity contribution in [2.24, 2.45) is 0 Å². The summed E-state index contributed by atoms with van der Waals surface area (Å²) in [5.41, 5.74) is -0.774. The van der Waals surface area contributed by atoms with Crippen LogP contribution in [0.15, 0.2) is 0 Å². The summed E-state index contributed by atoms with van der Waals surface area (Å²) in [7, 11) is 3.00. The summed E-state index contributed by atoms with van der Waals surface area (Å²) in [6.07, 6.45) is 0.330. The molecule has 0 saturated heterocycles. The molecule has 16 heavy (non-hydrogen) atoms. The number of hydrogen-bond acceptors (Lipinski definition) is 5. The van der Waals surface area contributed by atoms with Crippen LogP contribution in [-0.4, -0.2) is 62.0 Å². The van der Waals surface area contributed by atoms with Gasteiger partial charge in [-0.3, -0.25) is 9.69 Å². The molecule has 0 radical (unpaired) electrons. The topological polar surface area (TPSA) is 59.0 Å². The van der Waals surface area contributed by atoms with E-state index in [-0.39, 0.29) is 5.97 Å². The van der Waals surface area contributed by atoms with Gasteiger partial charge >= 0.3 is 5.97 Å². The summed E-state index contributed by atoms with van der Waals surface area (Å²) in [5.74, 6) is -0.238. The molecule has 0 aliphatic heterocycles. The van der Waals surface area contributed by atoms with Gasteiger partial charge in [0.05, 0.1) is 25.7 Å². The third kappa shape index (κ3) is 8.64. The van der Waals surface area contributed by atoms with Crippen molar-refractivity contribution in [3.8, 4) is 0 Å². The van der Waals surface area contributed by atoms with Crippen molar-refractivity contribution in [2.45, 2.75) is 25.9 Å². The molecule has 0 fully saturated rings. The van der Waals surface area contributed by atoms with Gasteiger partial charge in [-0.2, -0.15) is 0 Å². The normalized spacial score (nSPS) is 11.9. The van der Waals surface area contributed by atoms with Crippen LogP contribution in [0.4, 0.5) is 0 Å². The molecule has 0 unspecified atom stereocenters. The van der Waals surface area contributed by atoms with E-state index < -0.39 is 5.60 Å². The molecule has 0 amide bonds. The Balaban J connectivity index is 4.04. The number of ether oxygens (including phenoxy) is 2. The van der Waals surface area contributed by atoms with Crippen molar-refractivity contribution in [3.63, 3.8) is 0 Å². The number of carbonyl (C=O) groups is 1. The maximum atomic E-state index is 11.0. The fourth-order valence-electron chi connectivity index (χ4n) is 1.39. The number of methoxy groups -OCH3 is 2. The molecule has 0 rings (SSSR count). The Bertz CT molecular complexity index is 201. The van der Waals surface area contributed by atoms with E-state index in [1.54, 1.807) is 21.0 Å². The lowest BCUT2D eigenvalue weighted by molar-refractivity contribution is -0.141. The minimum absolute atomic E-state index is 0.238. The molecular formula is C11H23NO4. The third-order valence-electron chi connectivity index (χ3n) is 2.08. The average Bonchev–Trinajstić information content (AvgIpc) is 2.19. The van der Waals surface area contributed by atoms with Crippen LogP contribution in [0.1, 0.15) is 20.3 Å². The van der Waals surface area contributed by atoms with Crippen LogP contribution in [-0.2, 0) is 14.3 Å². The second-order valence-electron chi connectivity index (χ2n) is 4.41. The molecule has 0 bridgehead atoms. The minimum atomic E-state index is -0.774. The molecule has 0 spiro atoms. The number of carbonyl (C=O) groups excluding carboxylic acids is 1. The molecule has 0 aromatic carbocycles. The Morgan fingerprint density at radius 1 is 1.31 bits per heavy atom. The van der Waals surface area contributed by atoms with Gasteiger partial charge in [0.1, 0.15) is 0 Å². The van der Waals surface area contributed by atoms with Crippen LogP contribution in [0.5, 0.6) is 0 Å². The van der Waals surface area contributed by atoms with E-state index in [0.29, 0.717) is 32.7 Å². The molecule has 0 heterocycles. The lowest BCUT2D eigenvalue weighted by Crippen LogP contribution is -2.41. The molecule has 0 aliphatic rings. The molecule has 0 aromatic rings. The molecule has 0 atom stereocenters. The highest BCUT2D eigenvalue weighted by Crippen LogP contribution is 2.05. The molecule has 5 nitrogen and oxygen atoms in total. The Hall–Kier alpha value is -0.650.